The summed E-state index contributed by atoms with van der Waals surface area (Å²) < 4.78 is 1.92. The van der Waals surface area contributed by atoms with Gasteiger partial charge in [-0.25, -0.2) is 4.68 Å². The SMILES string of the molecule is CCn1nncc1CNC(C)c1cc(C)sc1C. The van der Waals surface area contributed by atoms with Gasteiger partial charge in [-0.2, -0.15) is 0 Å². The summed E-state index contributed by atoms with van der Waals surface area (Å²) in [6, 6.07) is 2.63. The molecule has 4 nitrogen and oxygen atoms in total. The van der Waals surface area contributed by atoms with Crippen molar-refractivity contribution in [3.63, 3.8) is 0 Å². The molecule has 0 aromatic carbocycles. The number of thiophene rings is 1. The Labute approximate surface area is 112 Å². The van der Waals surface area contributed by atoms with E-state index < -0.39 is 0 Å². The first kappa shape index (κ1) is 13.2. The van der Waals surface area contributed by atoms with Crippen LogP contribution in [0.25, 0.3) is 0 Å². The van der Waals surface area contributed by atoms with E-state index in [0.717, 1.165) is 18.8 Å². The lowest BCUT2D eigenvalue weighted by Gasteiger charge is -2.14. The Bertz CT molecular complexity index is 515. The number of hydrogen-bond donors (Lipinski definition) is 1. The van der Waals surface area contributed by atoms with Crippen LogP contribution in [-0.2, 0) is 13.1 Å². The van der Waals surface area contributed by atoms with Crippen LogP contribution in [-0.4, -0.2) is 15.0 Å². The molecule has 18 heavy (non-hydrogen) atoms. The number of hydrogen-bond acceptors (Lipinski definition) is 4. The molecule has 0 bridgehead atoms. The van der Waals surface area contributed by atoms with Crippen molar-refractivity contribution < 1.29 is 0 Å². The van der Waals surface area contributed by atoms with E-state index in [4.69, 9.17) is 0 Å². The minimum atomic E-state index is 0.357. The van der Waals surface area contributed by atoms with Crippen LogP contribution in [0.2, 0.25) is 0 Å². The van der Waals surface area contributed by atoms with E-state index in [0.29, 0.717) is 6.04 Å². The second kappa shape index (κ2) is 5.63. The van der Waals surface area contributed by atoms with Gasteiger partial charge in [-0.3, -0.25) is 0 Å². The summed E-state index contributed by atoms with van der Waals surface area (Å²) in [6.45, 7) is 10.3. The number of aryl methyl sites for hydroxylation is 3. The predicted octanol–water partition coefficient (Wildman–Crippen LogP) is 2.83. The summed E-state index contributed by atoms with van der Waals surface area (Å²) in [5, 5.41) is 11.5. The van der Waals surface area contributed by atoms with Crippen molar-refractivity contribution in [2.45, 2.75) is 46.8 Å². The maximum absolute atomic E-state index is 4.04. The summed E-state index contributed by atoms with van der Waals surface area (Å²) in [5.41, 5.74) is 2.53. The van der Waals surface area contributed by atoms with Crippen molar-refractivity contribution in [3.8, 4) is 0 Å². The molecule has 0 amide bonds. The van der Waals surface area contributed by atoms with E-state index in [-0.39, 0.29) is 0 Å². The summed E-state index contributed by atoms with van der Waals surface area (Å²) in [6.07, 6.45) is 1.83. The summed E-state index contributed by atoms with van der Waals surface area (Å²) in [5.74, 6) is 0. The van der Waals surface area contributed by atoms with Crippen molar-refractivity contribution in [3.05, 3.63) is 33.3 Å². The van der Waals surface area contributed by atoms with Crippen molar-refractivity contribution in [2.24, 2.45) is 0 Å². The maximum atomic E-state index is 4.04. The topological polar surface area (TPSA) is 42.7 Å². The predicted molar refractivity (Wildman–Crippen MR) is 74.7 cm³/mol. The van der Waals surface area contributed by atoms with E-state index >= 15 is 0 Å². The Hall–Kier alpha value is -1.20. The van der Waals surface area contributed by atoms with Gasteiger partial charge in [0.05, 0.1) is 11.9 Å². The molecule has 2 heterocycles. The van der Waals surface area contributed by atoms with Crippen LogP contribution >= 0.6 is 11.3 Å². The fourth-order valence-corrected chi connectivity index (χ4v) is 3.15. The van der Waals surface area contributed by atoms with Gasteiger partial charge in [-0.15, -0.1) is 16.4 Å². The number of rotatable bonds is 5. The van der Waals surface area contributed by atoms with Crippen molar-refractivity contribution in [2.75, 3.05) is 0 Å². The molecule has 5 heteroatoms. The van der Waals surface area contributed by atoms with Crippen LogP contribution < -0.4 is 5.32 Å². The molecule has 0 aliphatic heterocycles. The number of nitrogens with one attached hydrogen (secondary N) is 1. The van der Waals surface area contributed by atoms with Gasteiger partial charge < -0.3 is 5.32 Å². The average molecular weight is 264 g/mol. The summed E-state index contributed by atoms with van der Waals surface area (Å²) in [4.78, 5) is 2.77. The Balaban J connectivity index is 2.00. The number of aromatic nitrogens is 3. The Kier molecular flexibility index (Phi) is 4.14. The largest absolute Gasteiger partial charge is 0.304 e. The van der Waals surface area contributed by atoms with Gasteiger partial charge in [-0.05, 0) is 39.3 Å². The highest BCUT2D eigenvalue weighted by atomic mass is 32.1. The molecule has 1 N–H and O–H groups in total. The van der Waals surface area contributed by atoms with Gasteiger partial charge in [0.15, 0.2) is 0 Å². The molecule has 0 radical (unpaired) electrons. The lowest BCUT2D eigenvalue weighted by Crippen LogP contribution is -2.20. The van der Waals surface area contributed by atoms with E-state index in [2.05, 4.69) is 49.4 Å². The average Bonchev–Trinajstić information content (AvgIpc) is 2.92. The van der Waals surface area contributed by atoms with Crippen molar-refractivity contribution in [1.29, 1.82) is 0 Å². The molecule has 98 valence electrons. The van der Waals surface area contributed by atoms with Crippen LogP contribution in [0.4, 0.5) is 0 Å². The Morgan fingerprint density at radius 3 is 2.83 bits per heavy atom. The maximum Gasteiger partial charge on any atom is 0.0738 e. The van der Waals surface area contributed by atoms with Crippen molar-refractivity contribution >= 4 is 11.3 Å². The zero-order valence-corrected chi connectivity index (χ0v) is 12.2. The van der Waals surface area contributed by atoms with Crippen LogP contribution in [0.5, 0.6) is 0 Å². The van der Waals surface area contributed by atoms with Crippen molar-refractivity contribution in [1.82, 2.24) is 20.3 Å². The van der Waals surface area contributed by atoms with E-state index in [1.54, 1.807) is 0 Å². The molecule has 0 aliphatic carbocycles. The molecule has 0 aliphatic rings. The van der Waals surface area contributed by atoms with Crippen LogP contribution in [0.1, 0.15) is 40.9 Å². The first-order chi connectivity index (χ1) is 8.61. The molecule has 0 saturated carbocycles. The lowest BCUT2D eigenvalue weighted by molar-refractivity contribution is 0.526. The Morgan fingerprint density at radius 2 is 2.22 bits per heavy atom. The molecule has 2 rings (SSSR count). The van der Waals surface area contributed by atoms with Gasteiger partial charge in [0.2, 0.25) is 0 Å². The minimum absolute atomic E-state index is 0.357. The van der Waals surface area contributed by atoms with Gasteiger partial charge >= 0.3 is 0 Å². The van der Waals surface area contributed by atoms with Gasteiger partial charge in [-0.1, -0.05) is 5.21 Å². The van der Waals surface area contributed by atoms with E-state index in [9.17, 15) is 0 Å². The van der Waals surface area contributed by atoms with Crippen LogP contribution in [0.3, 0.4) is 0 Å². The molecular formula is C13H20N4S. The molecule has 1 atom stereocenters. The molecule has 1 unspecified atom stereocenters. The van der Waals surface area contributed by atoms with Gasteiger partial charge in [0.1, 0.15) is 0 Å². The zero-order valence-electron chi connectivity index (χ0n) is 11.4. The van der Waals surface area contributed by atoms with E-state index in [1.807, 2.05) is 22.2 Å². The minimum Gasteiger partial charge on any atom is -0.304 e. The third-order valence-corrected chi connectivity index (χ3v) is 4.11. The summed E-state index contributed by atoms with van der Waals surface area (Å²) in [7, 11) is 0. The fraction of sp³-hybridized carbons (Fsp3) is 0.538. The van der Waals surface area contributed by atoms with Crippen LogP contribution in [0, 0.1) is 13.8 Å². The zero-order chi connectivity index (χ0) is 13.1. The second-order valence-electron chi connectivity index (χ2n) is 4.51. The highest BCUT2D eigenvalue weighted by molar-refractivity contribution is 7.12. The standard InChI is InChI=1S/C13H20N4S/c1-5-17-12(8-15-16-17)7-14-10(3)13-6-9(2)18-11(13)4/h6,8,10,14H,5,7H2,1-4H3. The molecule has 2 aromatic heterocycles. The first-order valence-corrected chi connectivity index (χ1v) is 7.11. The highest BCUT2D eigenvalue weighted by Gasteiger charge is 2.11. The Morgan fingerprint density at radius 1 is 1.44 bits per heavy atom. The lowest BCUT2D eigenvalue weighted by atomic mass is 10.1. The van der Waals surface area contributed by atoms with Gasteiger partial charge in [0.25, 0.3) is 0 Å². The first-order valence-electron chi connectivity index (χ1n) is 6.29. The fourth-order valence-electron chi connectivity index (χ4n) is 2.13. The monoisotopic (exact) mass is 264 g/mol. The molecule has 2 aromatic rings. The number of nitrogens with zero attached hydrogens (tertiary/aromatic N) is 3. The normalized spacial score (nSPS) is 12.9. The molecule has 0 saturated heterocycles. The summed E-state index contributed by atoms with van der Waals surface area (Å²) >= 11 is 1.86. The highest BCUT2D eigenvalue weighted by Crippen LogP contribution is 2.26. The second-order valence-corrected chi connectivity index (χ2v) is 5.97. The third kappa shape index (κ3) is 2.79. The van der Waals surface area contributed by atoms with Crippen LogP contribution in [0.15, 0.2) is 12.3 Å². The molecule has 0 fully saturated rings. The van der Waals surface area contributed by atoms with E-state index in [1.165, 1.54) is 15.3 Å². The molecule has 0 spiro atoms. The van der Waals surface area contributed by atoms with Gasteiger partial charge in [0, 0.05) is 28.9 Å². The smallest absolute Gasteiger partial charge is 0.0738 e. The quantitative estimate of drug-likeness (QED) is 0.903. The molecular weight excluding hydrogens is 244 g/mol. The third-order valence-electron chi connectivity index (χ3n) is 3.13.